The van der Waals surface area contributed by atoms with E-state index >= 15 is 0 Å². The van der Waals surface area contributed by atoms with Gasteiger partial charge in [-0.3, -0.25) is 4.79 Å². The van der Waals surface area contributed by atoms with Crippen LogP contribution in [0.2, 0.25) is 0 Å². The van der Waals surface area contributed by atoms with Crippen LogP contribution in [-0.4, -0.2) is 11.9 Å². The van der Waals surface area contributed by atoms with Crippen LogP contribution in [0.15, 0.2) is 59.0 Å². The molecular weight excluding hydrogens is 330 g/mol. The molecule has 0 unspecified atom stereocenters. The molecule has 2 aromatic carbocycles. The number of benzene rings is 2. The maximum absolute atomic E-state index is 11.9. The van der Waals surface area contributed by atoms with Crippen molar-refractivity contribution in [2.45, 2.75) is 20.5 Å². The Bertz CT molecular complexity index is 967. The summed E-state index contributed by atoms with van der Waals surface area (Å²) in [5, 5.41) is 3.71. The van der Waals surface area contributed by atoms with Crippen LogP contribution in [0.5, 0.6) is 0 Å². The molecule has 0 atom stereocenters. The van der Waals surface area contributed by atoms with Crippen molar-refractivity contribution in [2.24, 2.45) is 0 Å². The number of rotatable bonds is 5. The number of furan rings is 1. The van der Waals surface area contributed by atoms with Gasteiger partial charge < -0.3 is 14.5 Å². The van der Waals surface area contributed by atoms with Crippen LogP contribution < -0.4 is 5.32 Å². The molecule has 0 radical (unpaired) electrons. The molecule has 5 heteroatoms. The number of aryl methyl sites for hydroxylation is 1. The van der Waals surface area contributed by atoms with E-state index in [0.29, 0.717) is 11.4 Å². The van der Waals surface area contributed by atoms with Crippen molar-refractivity contribution in [1.82, 2.24) is 0 Å². The number of hydrogen-bond acceptors (Lipinski definition) is 4. The highest BCUT2D eigenvalue weighted by molar-refractivity contribution is 5.89. The number of nitrogens with one attached hydrogen (secondary N) is 1. The lowest BCUT2D eigenvalue weighted by Gasteiger charge is -2.02. The molecule has 132 valence electrons. The van der Waals surface area contributed by atoms with Gasteiger partial charge in [0.2, 0.25) is 5.91 Å². The third-order valence-corrected chi connectivity index (χ3v) is 3.93. The number of esters is 1. The number of ether oxygens (including phenoxy) is 1. The average Bonchev–Trinajstić information content (AvgIpc) is 2.95. The van der Waals surface area contributed by atoms with Gasteiger partial charge in [-0.15, -0.1) is 0 Å². The molecule has 26 heavy (non-hydrogen) atoms. The third-order valence-electron chi connectivity index (χ3n) is 3.93. The van der Waals surface area contributed by atoms with Crippen molar-refractivity contribution < 1.29 is 18.7 Å². The Hall–Kier alpha value is -3.34. The lowest BCUT2D eigenvalue weighted by molar-refractivity contribution is -0.139. The summed E-state index contributed by atoms with van der Waals surface area (Å²) in [6, 6.07) is 14.9. The van der Waals surface area contributed by atoms with Gasteiger partial charge in [0.25, 0.3) is 0 Å². The fourth-order valence-electron chi connectivity index (χ4n) is 2.59. The second-order valence-corrected chi connectivity index (χ2v) is 5.89. The number of carbonyl (C=O) groups is 2. The van der Waals surface area contributed by atoms with Gasteiger partial charge in [-0.2, -0.15) is 0 Å². The second kappa shape index (κ2) is 7.70. The third kappa shape index (κ3) is 4.19. The summed E-state index contributed by atoms with van der Waals surface area (Å²) in [5.74, 6) is 0.0705. The number of carbonyl (C=O) groups excluding carboxylic acids is 2. The Morgan fingerprint density at radius 1 is 1.12 bits per heavy atom. The summed E-state index contributed by atoms with van der Waals surface area (Å²) < 4.78 is 11.0. The van der Waals surface area contributed by atoms with Crippen molar-refractivity contribution in [3.8, 4) is 0 Å². The van der Waals surface area contributed by atoms with Gasteiger partial charge in [-0.25, -0.2) is 4.79 Å². The first-order chi connectivity index (χ1) is 12.5. The predicted molar refractivity (Wildman–Crippen MR) is 101 cm³/mol. The van der Waals surface area contributed by atoms with Gasteiger partial charge in [-0.1, -0.05) is 30.3 Å². The average molecular weight is 349 g/mol. The molecule has 0 aliphatic rings. The van der Waals surface area contributed by atoms with Crippen LogP contribution in [0.1, 0.15) is 23.8 Å². The largest absolute Gasteiger partial charge is 0.457 e. The van der Waals surface area contributed by atoms with Crippen molar-refractivity contribution >= 4 is 34.6 Å². The zero-order valence-corrected chi connectivity index (χ0v) is 14.6. The van der Waals surface area contributed by atoms with Gasteiger partial charge in [-0.05, 0) is 36.8 Å². The van der Waals surface area contributed by atoms with E-state index in [1.807, 2.05) is 31.2 Å². The van der Waals surface area contributed by atoms with Gasteiger partial charge in [0.05, 0.1) is 0 Å². The first-order valence-corrected chi connectivity index (χ1v) is 8.22. The van der Waals surface area contributed by atoms with E-state index in [9.17, 15) is 9.59 Å². The SMILES string of the molecule is CC(=O)Nc1ccc(/C=C/C(=O)OCc2oc3ccccc3c2C)cc1. The van der Waals surface area contributed by atoms with Gasteiger partial charge in [0, 0.05) is 29.6 Å². The molecular formula is C21H19NO4. The molecule has 0 bridgehead atoms. The molecule has 0 aliphatic heterocycles. The van der Waals surface area contributed by atoms with E-state index < -0.39 is 5.97 Å². The molecule has 0 spiro atoms. The van der Waals surface area contributed by atoms with Crippen LogP contribution in [-0.2, 0) is 20.9 Å². The van der Waals surface area contributed by atoms with Crippen LogP contribution in [0.25, 0.3) is 17.0 Å². The molecule has 0 saturated heterocycles. The minimum atomic E-state index is -0.448. The van der Waals surface area contributed by atoms with Gasteiger partial charge in [0.1, 0.15) is 18.0 Å². The van der Waals surface area contributed by atoms with Crippen molar-refractivity contribution in [1.29, 1.82) is 0 Å². The minimum absolute atomic E-state index is 0.0884. The van der Waals surface area contributed by atoms with E-state index in [4.69, 9.17) is 9.15 Å². The van der Waals surface area contributed by atoms with Crippen LogP contribution in [0.4, 0.5) is 5.69 Å². The molecule has 0 fully saturated rings. The lowest BCUT2D eigenvalue weighted by Crippen LogP contribution is -2.05. The molecule has 0 saturated carbocycles. The fourth-order valence-corrected chi connectivity index (χ4v) is 2.59. The Labute approximate surface area is 151 Å². The normalized spacial score (nSPS) is 11.0. The number of fused-ring (bicyclic) bond motifs is 1. The smallest absolute Gasteiger partial charge is 0.331 e. The molecule has 1 amide bonds. The highest BCUT2D eigenvalue weighted by Gasteiger charge is 2.11. The van der Waals surface area contributed by atoms with E-state index in [-0.39, 0.29) is 12.5 Å². The highest BCUT2D eigenvalue weighted by atomic mass is 16.5. The van der Waals surface area contributed by atoms with Crippen molar-refractivity contribution in [2.75, 3.05) is 5.32 Å². The molecule has 1 heterocycles. The van der Waals surface area contributed by atoms with Crippen LogP contribution >= 0.6 is 0 Å². The zero-order valence-electron chi connectivity index (χ0n) is 14.6. The number of para-hydroxylation sites is 1. The molecule has 0 aliphatic carbocycles. The molecule has 1 aromatic heterocycles. The molecule has 1 N–H and O–H groups in total. The second-order valence-electron chi connectivity index (χ2n) is 5.89. The van der Waals surface area contributed by atoms with Crippen LogP contribution in [0.3, 0.4) is 0 Å². The summed E-state index contributed by atoms with van der Waals surface area (Å²) >= 11 is 0. The first-order valence-electron chi connectivity index (χ1n) is 8.22. The summed E-state index contributed by atoms with van der Waals surface area (Å²) in [7, 11) is 0. The lowest BCUT2D eigenvalue weighted by atomic mass is 10.1. The molecule has 3 aromatic rings. The molecule has 5 nitrogen and oxygen atoms in total. The number of anilines is 1. The van der Waals surface area contributed by atoms with Gasteiger partial charge in [0.15, 0.2) is 0 Å². The Morgan fingerprint density at radius 2 is 1.85 bits per heavy atom. The minimum Gasteiger partial charge on any atom is -0.457 e. The Morgan fingerprint density at radius 3 is 2.54 bits per heavy atom. The van der Waals surface area contributed by atoms with Crippen molar-refractivity contribution in [3.63, 3.8) is 0 Å². The van der Waals surface area contributed by atoms with E-state index in [1.54, 1.807) is 30.3 Å². The summed E-state index contributed by atoms with van der Waals surface area (Å²) in [4.78, 5) is 22.9. The predicted octanol–water partition coefficient (Wildman–Crippen LogP) is 4.46. The van der Waals surface area contributed by atoms with Crippen molar-refractivity contribution in [3.05, 3.63) is 71.5 Å². The van der Waals surface area contributed by atoms with E-state index in [0.717, 1.165) is 22.1 Å². The van der Waals surface area contributed by atoms with E-state index in [2.05, 4.69) is 5.32 Å². The topological polar surface area (TPSA) is 68.5 Å². The number of hydrogen-bond donors (Lipinski definition) is 1. The Kier molecular flexibility index (Phi) is 5.17. The van der Waals surface area contributed by atoms with Crippen LogP contribution in [0, 0.1) is 6.92 Å². The summed E-state index contributed by atoms with van der Waals surface area (Å²) in [5.41, 5.74) is 3.30. The fraction of sp³-hybridized carbons (Fsp3) is 0.143. The van der Waals surface area contributed by atoms with Gasteiger partial charge >= 0.3 is 5.97 Å². The first kappa shape index (κ1) is 17.5. The molecule has 3 rings (SSSR count). The maximum Gasteiger partial charge on any atom is 0.331 e. The Balaban J connectivity index is 1.58. The maximum atomic E-state index is 11.9. The number of amides is 1. The standard InChI is InChI=1S/C21H19NO4/c1-14-18-5-3-4-6-19(18)26-20(14)13-25-21(24)12-9-16-7-10-17(11-8-16)22-15(2)23/h3-12H,13H2,1-2H3,(H,22,23)/b12-9+. The quantitative estimate of drug-likeness (QED) is 0.545. The zero-order chi connectivity index (χ0) is 18.5. The summed E-state index contributed by atoms with van der Waals surface area (Å²) in [6.45, 7) is 3.49. The van der Waals surface area contributed by atoms with E-state index in [1.165, 1.54) is 13.0 Å². The summed E-state index contributed by atoms with van der Waals surface area (Å²) in [6.07, 6.45) is 3.02. The highest BCUT2D eigenvalue weighted by Crippen LogP contribution is 2.25. The monoisotopic (exact) mass is 349 g/mol.